The fourth-order valence-electron chi connectivity index (χ4n) is 3.39. The van der Waals surface area contributed by atoms with Gasteiger partial charge in [-0.05, 0) is 86.0 Å². The minimum Gasteiger partial charge on any atom is -0.489 e. The number of ether oxygens (including phenoxy) is 1. The zero-order chi connectivity index (χ0) is 24.3. The summed E-state index contributed by atoms with van der Waals surface area (Å²) in [7, 11) is -4.03. The van der Waals surface area contributed by atoms with Crippen LogP contribution in [-0.4, -0.2) is 26.0 Å². The van der Waals surface area contributed by atoms with Crippen LogP contribution in [-0.2, 0) is 16.6 Å². The van der Waals surface area contributed by atoms with Gasteiger partial charge in [0.25, 0.3) is 10.0 Å². The van der Waals surface area contributed by atoms with Crippen LogP contribution in [0.2, 0.25) is 0 Å². The molecule has 0 fully saturated rings. The van der Waals surface area contributed by atoms with Crippen molar-refractivity contribution in [2.24, 2.45) is 0 Å². The Morgan fingerprint density at radius 2 is 1.61 bits per heavy atom. The van der Waals surface area contributed by atoms with Crippen molar-refractivity contribution in [1.82, 2.24) is 0 Å². The van der Waals surface area contributed by atoms with E-state index in [-0.39, 0.29) is 23.6 Å². The number of halogens is 2. The number of rotatable bonds is 8. The lowest BCUT2D eigenvalue weighted by Crippen LogP contribution is -2.31. The molecular formula is C24H23F2NO5S. The molecule has 0 aliphatic rings. The fourth-order valence-corrected chi connectivity index (χ4v) is 4.97. The number of nitrogens with zero attached hydrogens (tertiary/aromatic N) is 1. The molecule has 0 saturated heterocycles. The molecular weight excluding hydrogens is 452 g/mol. The van der Waals surface area contributed by atoms with Crippen molar-refractivity contribution >= 4 is 21.7 Å². The highest BCUT2D eigenvalue weighted by Gasteiger charge is 2.26. The maximum absolute atomic E-state index is 13.3. The Labute approximate surface area is 191 Å². The molecule has 0 atom stereocenters. The predicted molar refractivity (Wildman–Crippen MR) is 120 cm³/mol. The van der Waals surface area contributed by atoms with Crippen LogP contribution in [0, 0.1) is 25.5 Å². The van der Waals surface area contributed by atoms with E-state index in [1.165, 1.54) is 6.07 Å². The SMILES string of the molecule is CCN(c1ccc(OCc2cc(F)cc(F)c2)cc1)S(=O)(=O)c1cc(C)c(C)c(C(=O)O)c1. The first kappa shape index (κ1) is 24.2. The Bertz CT molecular complexity index is 1270. The fraction of sp³-hybridized carbons (Fsp3) is 0.208. The number of benzene rings is 3. The van der Waals surface area contributed by atoms with Gasteiger partial charge in [0.05, 0.1) is 16.1 Å². The summed E-state index contributed by atoms with van der Waals surface area (Å²) in [5.74, 6) is -2.22. The van der Waals surface area contributed by atoms with Gasteiger partial charge >= 0.3 is 5.97 Å². The number of carboxylic acids is 1. The summed E-state index contributed by atoms with van der Waals surface area (Å²) >= 11 is 0. The highest BCUT2D eigenvalue weighted by Crippen LogP contribution is 2.28. The number of hydrogen-bond acceptors (Lipinski definition) is 4. The highest BCUT2D eigenvalue weighted by atomic mass is 32.2. The van der Waals surface area contributed by atoms with Crippen LogP contribution in [0.5, 0.6) is 5.75 Å². The van der Waals surface area contributed by atoms with Gasteiger partial charge in [0.15, 0.2) is 0 Å². The van der Waals surface area contributed by atoms with E-state index in [1.807, 2.05) is 0 Å². The quantitative estimate of drug-likeness (QED) is 0.492. The molecule has 0 aliphatic heterocycles. The van der Waals surface area contributed by atoms with Gasteiger partial charge in [-0.1, -0.05) is 0 Å². The van der Waals surface area contributed by atoms with E-state index in [0.29, 0.717) is 28.1 Å². The molecule has 1 N–H and O–H groups in total. The first-order chi connectivity index (χ1) is 15.5. The van der Waals surface area contributed by atoms with Crippen molar-refractivity contribution in [2.75, 3.05) is 10.8 Å². The molecule has 0 spiro atoms. The van der Waals surface area contributed by atoms with E-state index in [1.54, 1.807) is 45.0 Å². The molecule has 9 heteroatoms. The summed E-state index contributed by atoms with van der Waals surface area (Å²) < 4.78 is 59.9. The van der Waals surface area contributed by atoms with Crippen LogP contribution in [0.15, 0.2) is 59.5 Å². The van der Waals surface area contributed by atoms with E-state index in [0.717, 1.165) is 28.6 Å². The molecule has 0 aromatic heterocycles. The van der Waals surface area contributed by atoms with Crippen molar-refractivity contribution in [1.29, 1.82) is 0 Å². The van der Waals surface area contributed by atoms with Crippen molar-refractivity contribution in [2.45, 2.75) is 32.3 Å². The topological polar surface area (TPSA) is 83.9 Å². The molecule has 3 rings (SSSR count). The van der Waals surface area contributed by atoms with Crippen LogP contribution in [0.4, 0.5) is 14.5 Å². The lowest BCUT2D eigenvalue weighted by Gasteiger charge is -2.24. The smallest absolute Gasteiger partial charge is 0.336 e. The number of anilines is 1. The standard InChI is InChI=1S/C24H23F2NO5S/c1-4-27(33(30,31)22-9-15(2)16(3)23(13-22)24(28)29)20-5-7-21(8-6-20)32-14-17-10-18(25)12-19(26)11-17/h5-13H,4,14H2,1-3H3,(H,28,29). The number of aromatic carboxylic acids is 1. The Kier molecular flexibility index (Phi) is 7.02. The van der Waals surface area contributed by atoms with E-state index in [4.69, 9.17) is 4.74 Å². The Morgan fingerprint density at radius 1 is 1.00 bits per heavy atom. The van der Waals surface area contributed by atoms with Gasteiger partial charge in [-0.25, -0.2) is 22.0 Å². The molecule has 0 heterocycles. The third-order valence-electron chi connectivity index (χ3n) is 5.20. The zero-order valence-corrected chi connectivity index (χ0v) is 19.1. The summed E-state index contributed by atoms with van der Waals surface area (Å²) in [6.45, 7) is 5.00. The third-order valence-corrected chi connectivity index (χ3v) is 7.08. The van der Waals surface area contributed by atoms with Crippen LogP contribution in [0.1, 0.15) is 34.0 Å². The first-order valence-electron chi connectivity index (χ1n) is 10.1. The highest BCUT2D eigenvalue weighted by molar-refractivity contribution is 7.92. The number of carbonyl (C=O) groups is 1. The van der Waals surface area contributed by atoms with Crippen molar-refractivity contribution in [3.63, 3.8) is 0 Å². The van der Waals surface area contributed by atoms with Crippen molar-refractivity contribution < 1.29 is 31.8 Å². The number of carboxylic acid groups (broad SMARTS) is 1. The second kappa shape index (κ2) is 9.58. The molecule has 0 amide bonds. The monoisotopic (exact) mass is 475 g/mol. The normalized spacial score (nSPS) is 11.3. The number of aryl methyl sites for hydroxylation is 1. The van der Waals surface area contributed by atoms with E-state index < -0.39 is 27.6 Å². The molecule has 3 aromatic rings. The number of hydrogen-bond donors (Lipinski definition) is 1. The lowest BCUT2D eigenvalue weighted by molar-refractivity contribution is 0.0695. The maximum atomic E-state index is 13.3. The Morgan fingerprint density at radius 3 is 2.15 bits per heavy atom. The molecule has 0 aliphatic carbocycles. The van der Waals surface area contributed by atoms with Crippen LogP contribution < -0.4 is 9.04 Å². The lowest BCUT2D eigenvalue weighted by atomic mass is 10.0. The van der Waals surface area contributed by atoms with Crippen LogP contribution >= 0.6 is 0 Å². The second-order valence-corrected chi connectivity index (χ2v) is 9.31. The summed E-state index contributed by atoms with van der Waals surface area (Å²) in [6, 6.07) is 11.9. The summed E-state index contributed by atoms with van der Waals surface area (Å²) in [4.78, 5) is 11.4. The van der Waals surface area contributed by atoms with Gasteiger partial charge in [0.1, 0.15) is 24.0 Å². The molecule has 174 valence electrons. The minimum atomic E-state index is -4.03. The molecule has 0 radical (unpaired) electrons. The first-order valence-corrected chi connectivity index (χ1v) is 11.5. The maximum Gasteiger partial charge on any atom is 0.336 e. The van der Waals surface area contributed by atoms with Crippen molar-refractivity contribution in [3.05, 3.63) is 88.5 Å². The third kappa shape index (κ3) is 5.31. The molecule has 0 saturated carbocycles. The summed E-state index contributed by atoms with van der Waals surface area (Å²) in [5, 5.41) is 9.42. The molecule has 33 heavy (non-hydrogen) atoms. The van der Waals surface area contributed by atoms with Gasteiger partial charge in [-0.3, -0.25) is 4.31 Å². The van der Waals surface area contributed by atoms with Gasteiger partial charge in [-0.2, -0.15) is 0 Å². The van der Waals surface area contributed by atoms with Crippen LogP contribution in [0.3, 0.4) is 0 Å². The van der Waals surface area contributed by atoms with E-state index >= 15 is 0 Å². The van der Waals surface area contributed by atoms with E-state index in [9.17, 15) is 27.1 Å². The largest absolute Gasteiger partial charge is 0.489 e. The Balaban J connectivity index is 1.85. The average molecular weight is 476 g/mol. The predicted octanol–water partition coefficient (Wildman–Crippen LogP) is 5.07. The summed E-state index contributed by atoms with van der Waals surface area (Å²) in [5.41, 5.74) is 1.67. The molecule has 6 nitrogen and oxygen atoms in total. The van der Waals surface area contributed by atoms with Gasteiger partial charge in [0.2, 0.25) is 0 Å². The number of sulfonamides is 1. The molecule has 0 unspecified atom stereocenters. The summed E-state index contributed by atoms with van der Waals surface area (Å²) in [6.07, 6.45) is 0. The van der Waals surface area contributed by atoms with Gasteiger partial charge in [0, 0.05) is 12.6 Å². The Hall–Kier alpha value is -3.46. The average Bonchev–Trinajstić information content (AvgIpc) is 2.74. The van der Waals surface area contributed by atoms with Gasteiger partial charge < -0.3 is 9.84 Å². The molecule has 3 aromatic carbocycles. The van der Waals surface area contributed by atoms with Gasteiger partial charge in [-0.15, -0.1) is 0 Å². The van der Waals surface area contributed by atoms with Crippen molar-refractivity contribution in [3.8, 4) is 5.75 Å². The minimum absolute atomic E-state index is 0.0651. The van der Waals surface area contributed by atoms with E-state index in [2.05, 4.69) is 0 Å². The molecule has 0 bridgehead atoms. The zero-order valence-electron chi connectivity index (χ0n) is 18.3. The van der Waals surface area contributed by atoms with Crippen LogP contribution in [0.25, 0.3) is 0 Å². The second-order valence-electron chi connectivity index (χ2n) is 7.45.